The third kappa shape index (κ3) is 4.70. The van der Waals surface area contributed by atoms with Crippen molar-refractivity contribution in [1.29, 1.82) is 0 Å². The number of sulfone groups is 1. The SMILES string of the molecule is Cc1ccc(S(=O)(=O)O/N=C(\C(=O)N(C)C)S(=O)(=O)c2ccccc2Cl)cc1. The number of benzene rings is 2. The largest absolute Gasteiger partial charge is 0.358 e. The fourth-order valence-electron chi connectivity index (χ4n) is 1.99. The molecule has 0 saturated heterocycles. The van der Waals surface area contributed by atoms with Crippen LogP contribution in [0.4, 0.5) is 0 Å². The molecule has 0 saturated carbocycles. The van der Waals surface area contributed by atoms with Crippen LogP contribution in [-0.4, -0.2) is 46.8 Å². The summed E-state index contributed by atoms with van der Waals surface area (Å²) >= 11 is 5.92. The van der Waals surface area contributed by atoms with Gasteiger partial charge in [0.1, 0.15) is 4.90 Å². The highest BCUT2D eigenvalue weighted by Gasteiger charge is 2.34. The summed E-state index contributed by atoms with van der Waals surface area (Å²) in [6.07, 6.45) is 0. The molecule has 0 bridgehead atoms. The van der Waals surface area contributed by atoms with E-state index in [1.54, 1.807) is 6.92 Å². The first-order valence-corrected chi connectivity index (χ1v) is 11.0. The van der Waals surface area contributed by atoms with Crippen molar-refractivity contribution in [2.45, 2.75) is 16.7 Å². The molecule has 2 aromatic rings. The lowest BCUT2D eigenvalue weighted by Gasteiger charge is -2.13. The molecule has 28 heavy (non-hydrogen) atoms. The highest BCUT2D eigenvalue weighted by Crippen LogP contribution is 2.24. The molecule has 0 unspecified atom stereocenters. The van der Waals surface area contributed by atoms with Gasteiger partial charge in [-0.25, -0.2) is 8.42 Å². The van der Waals surface area contributed by atoms with Crippen molar-refractivity contribution in [2.75, 3.05) is 14.1 Å². The highest BCUT2D eigenvalue weighted by atomic mass is 35.5. The van der Waals surface area contributed by atoms with Gasteiger partial charge in [-0.05, 0) is 36.3 Å². The summed E-state index contributed by atoms with van der Waals surface area (Å²) in [5, 5.41) is 1.94. The van der Waals surface area contributed by atoms with Crippen molar-refractivity contribution in [2.24, 2.45) is 5.16 Å². The van der Waals surface area contributed by atoms with Crippen LogP contribution in [0.3, 0.4) is 0 Å². The van der Waals surface area contributed by atoms with Crippen LogP contribution in [0, 0.1) is 6.92 Å². The van der Waals surface area contributed by atoms with Crippen molar-refractivity contribution >= 4 is 42.5 Å². The lowest BCUT2D eigenvalue weighted by Crippen LogP contribution is -2.35. The molecule has 2 aromatic carbocycles. The van der Waals surface area contributed by atoms with E-state index in [1.165, 1.54) is 62.6 Å². The standard InChI is InChI=1S/C17H17ClN2O6S2/c1-12-8-10-13(11-9-12)28(24,25)26-19-16(17(21)20(2)3)27(22,23)15-7-5-4-6-14(15)18/h4-11H,1-3H3/b19-16+. The number of nitrogens with zero attached hydrogens (tertiary/aromatic N) is 2. The number of hydrogen-bond acceptors (Lipinski definition) is 7. The Morgan fingerprint density at radius 2 is 1.57 bits per heavy atom. The maximum absolute atomic E-state index is 12.9. The van der Waals surface area contributed by atoms with E-state index in [9.17, 15) is 21.6 Å². The van der Waals surface area contributed by atoms with Crippen molar-refractivity contribution in [3.05, 3.63) is 59.1 Å². The Balaban J connectivity index is 2.54. The number of rotatable bonds is 4. The van der Waals surface area contributed by atoms with Crippen molar-refractivity contribution < 1.29 is 25.9 Å². The van der Waals surface area contributed by atoms with E-state index >= 15 is 0 Å². The Bertz CT molecular complexity index is 1120. The van der Waals surface area contributed by atoms with Crippen LogP contribution in [0.2, 0.25) is 5.02 Å². The molecule has 0 radical (unpaired) electrons. The molecule has 0 aliphatic rings. The van der Waals surface area contributed by atoms with E-state index in [-0.39, 0.29) is 9.92 Å². The summed E-state index contributed by atoms with van der Waals surface area (Å²) in [6, 6.07) is 11.0. The van der Waals surface area contributed by atoms with Gasteiger partial charge in [-0.3, -0.25) is 9.08 Å². The fraction of sp³-hybridized carbons (Fsp3) is 0.176. The predicted molar refractivity (Wildman–Crippen MR) is 104 cm³/mol. The zero-order chi connectivity index (χ0) is 21.1. The third-order valence-corrected chi connectivity index (χ3v) is 6.75. The molecule has 0 spiro atoms. The first-order chi connectivity index (χ1) is 13.0. The molecule has 0 fully saturated rings. The highest BCUT2D eigenvalue weighted by molar-refractivity contribution is 8.08. The minimum Gasteiger partial charge on any atom is -0.343 e. The van der Waals surface area contributed by atoms with Crippen molar-refractivity contribution in [3.63, 3.8) is 0 Å². The second-order valence-electron chi connectivity index (χ2n) is 5.87. The van der Waals surface area contributed by atoms with Gasteiger partial charge in [0.2, 0.25) is 9.84 Å². The molecular formula is C17H17ClN2O6S2. The second kappa shape index (κ2) is 8.29. The summed E-state index contributed by atoms with van der Waals surface area (Å²) in [6.45, 7) is 1.76. The average molecular weight is 445 g/mol. The Hall–Kier alpha value is -2.43. The van der Waals surface area contributed by atoms with E-state index in [1.807, 2.05) is 0 Å². The third-order valence-electron chi connectivity index (χ3n) is 3.50. The number of hydrogen-bond donors (Lipinski definition) is 0. The lowest BCUT2D eigenvalue weighted by atomic mass is 10.2. The van der Waals surface area contributed by atoms with Crippen LogP contribution in [0.25, 0.3) is 0 Å². The summed E-state index contributed by atoms with van der Waals surface area (Å²) in [5.41, 5.74) is 0.812. The van der Waals surface area contributed by atoms with Gasteiger partial charge in [0.25, 0.3) is 11.0 Å². The maximum Gasteiger partial charge on any atom is 0.358 e. The Morgan fingerprint density at radius 3 is 2.11 bits per heavy atom. The van der Waals surface area contributed by atoms with Crippen LogP contribution in [0.15, 0.2) is 63.5 Å². The van der Waals surface area contributed by atoms with Gasteiger partial charge in [0, 0.05) is 14.1 Å². The van der Waals surface area contributed by atoms with Gasteiger partial charge in [0.15, 0.2) is 0 Å². The first-order valence-electron chi connectivity index (χ1n) is 7.76. The maximum atomic E-state index is 12.9. The number of halogens is 1. The predicted octanol–water partition coefficient (Wildman–Crippen LogP) is 2.23. The lowest BCUT2D eigenvalue weighted by molar-refractivity contribution is -0.121. The van der Waals surface area contributed by atoms with E-state index < -0.39 is 35.8 Å². The smallest absolute Gasteiger partial charge is 0.343 e. The summed E-state index contributed by atoms with van der Waals surface area (Å²) in [5.74, 6) is -1.07. The average Bonchev–Trinajstić information content (AvgIpc) is 2.61. The van der Waals surface area contributed by atoms with Gasteiger partial charge >= 0.3 is 10.1 Å². The fourth-order valence-corrected chi connectivity index (χ4v) is 4.55. The molecular weight excluding hydrogens is 428 g/mol. The number of amides is 1. The van der Waals surface area contributed by atoms with E-state index in [2.05, 4.69) is 9.44 Å². The van der Waals surface area contributed by atoms with Crippen LogP contribution < -0.4 is 0 Å². The van der Waals surface area contributed by atoms with Gasteiger partial charge in [-0.15, -0.1) is 0 Å². The zero-order valence-corrected chi connectivity index (χ0v) is 17.5. The minimum absolute atomic E-state index is 0.150. The molecule has 0 heterocycles. The molecule has 0 atom stereocenters. The van der Waals surface area contributed by atoms with E-state index in [4.69, 9.17) is 11.6 Å². The van der Waals surface area contributed by atoms with Gasteiger partial charge in [0.05, 0.1) is 9.92 Å². The topological polar surface area (TPSA) is 110 Å². The zero-order valence-electron chi connectivity index (χ0n) is 15.2. The molecule has 0 aliphatic heterocycles. The van der Waals surface area contributed by atoms with Gasteiger partial charge < -0.3 is 4.90 Å². The number of aryl methyl sites for hydroxylation is 1. The summed E-state index contributed by atoms with van der Waals surface area (Å²) < 4.78 is 54.8. The van der Waals surface area contributed by atoms with E-state index in [0.29, 0.717) is 0 Å². The Kier molecular flexibility index (Phi) is 6.48. The second-order valence-corrected chi connectivity index (χ2v) is 9.64. The molecule has 2 rings (SSSR count). The molecule has 1 amide bonds. The number of carbonyl (C=O) groups is 1. The molecule has 150 valence electrons. The Morgan fingerprint density at radius 1 is 1.00 bits per heavy atom. The quantitative estimate of drug-likeness (QED) is 0.406. The molecule has 0 aliphatic carbocycles. The number of oxime groups is 1. The van der Waals surface area contributed by atoms with Crippen LogP contribution >= 0.6 is 11.6 Å². The van der Waals surface area contributed by atoms with Crippen molar-refractivity contribution in [1.82, 2.24) is 4.90 Å². The van der Waals surface area contributed by atoms with Crippen LogP contribution in [-0.2, 0) is 29.0 Å². The van der Waals surface area contributed by atoms with E-state index in [0.717, 1.165) is 10.5 Å². The first kappa shape index (κ1) is 21.9. The van der Waals surface area contributed by atoms with Crippen molar-refractivity contribution in [3.8, 4) is 0 Å². The van der Waals surface area contributed by atoms with Crippen LogP contribution in [0.5, 0.6) is 0 Å². The molecule has 0 aromatic heterocycles. The summed E-state index contributed by atoms with van der Waals surface area (Å²) in [4.78, 5) is 12.7. The Labute approximate surface area is 168 Å². The minimum atomic E-state index is -4.55. The molecule has 0 N–H and O–H groups in total. The molecule has 11 heteroatoms. The molecule has 8 nitrogen and oxygen atoms in total. The normalized spacial score (nSPS) is 12.5. The van der Waals surface area contributed by atoms with Crippen LogP contribution in [0.1, 0.15) is 5.56 Å². The summed E-state index contributed by atoms with van der Waals surface area (Å²) in [7, 11) is -6.42. The van der Waals surface area contributed by atoms with Gasteiger partial charge in [-0.2, -0.15) is 8.42 Å². The van der Waals surface area contributed by atoms with Gasteiger partial charge in [-0.1, -0.05) is 41.4 Å². The number of carbonyl (C=O) groups excluding carboxylic acids is 1. The monoisotopic (exact) mass is 444 g/mol.